The Morgan fingerprint density at radius 1 is 1.35 bits per heavy atom. The molecule has 17 heavy (non-hydrogen) atoms. The average Bonchev–Trinajstić information content (AvgIpc) is 2.67. The maximum Gasteiger partial charge on any atom is 0.122 e. The maximum absolute atomic E-state index is 5.94. The Kier molecular flexibility index (Phi) is 3.82. The van der Waals surface area contributed by atoms with Gasteiger partial charge in [0.2, 0.25) is 0 Å². The van der Waals surface area contributed by atoms with E-state index < -0.39 is 0 Å². The molecule has 3 nitrogen and oxygen atoms in total. The summed E-state index contributed by atoms with van der Waals surface area (Å²) >= 11 is 5.94. The van der Waals surface area contributed by atoms with Crippen LogP contribution in [-0.2, 0) is 26.4 Å². The fourth-order valence-electron chi connectivity index (χ4n) is 1.85. The number of aromatic nitrogens is 2. The lowest BCUT2D eigenvalue weighted by molar-refractivity contribution is 0.793. The smallest absolute Gasteiger partial charge is 0.122 e. The first-order valence-electron chi connectivity index (χ1n) is 5.64. The van der Waals surface area contributed by atoms with Crippen LogP contribution in [0.1, 0.15) is 17.1 Å². The van der Waals surface area contributed by atoms with Gasteiger partial charge < -0.3 is 10.3 Å². The van der Waals surface area contributed by atoms with Gasteiger partial charge in [0.1, 0.15) is 5.82 Å². The molecule has 1 aromatic heterocycles. The molecule has 0 aliphatic rings. The van der Waals surface area contributed by atoms with Crippen molar-refractivity contribution in [3.63, 3.8) is 0 Å². The Balaban J connectivity index is 2.02. The molecule has 4 heteroatoms. The highest BCUT2D eigenvalue weighted by Gasteiger charge is 2.04. The molecule has 0 radical (unpaired) electrons. The van der Waals surface area contributed by atoms with Crippen LogP contribution in [0.15, 0.2) is 30.5 Å². The van der Waals surface area contributed by atoms with Crippen molar-refractivity contribution in [3.05, 3.63) is 52.6 Å². The van der Waals surface area contributed by atoms with Crippen molar-refractivity contribution in [2.45, 2.75) is 19.4 Å². The minimum absolute atomic E-state index is 0.480. The van der Waals surface area contributed by atoms with Crippen molar-refractivity contribution in [1.82, 2.24) is 9.55 Å². The minimum atomic E-state index is 0.480. The SMILES string of the molecule is Cn1cc(CCc2cccc(Cl)c2)nc1CN. The number of hydrogen-bond acceptors (Lipinski definition) is 2. The Morgan fingerprint density at radius 3 is 2.82 bits per heavy atom. The number of imidazole rings is 1. The van der Waals surface area contributed by atoms with Gasteiger partial charge in [-0.25, -0.2) is 4.98 Å². The highest BCUT2D eigenvalue weighted by Crippen LogP contribution is 2.13. The summed E-state index contributed by atoms with van der Waals surface area (Å²) in [5, 5.41) is 0.783. The monoisotopic (exact) mass is 249 g/mol. The summed E-state index contributed by atoms with van der Waals surface area (Å²) in [5.74, 6) is 0.922. The van der Waals surface area contributed by atoms with Gasteiger partial charge in [0.05, 0.1) is 12.2 Å². The molecule has 0 unspecified atom stereocenters. The summed E-state index contributed by atoms with van der Waals surface area (Å²) in [5.41, 5.74) is 7.90. The van der Waals surface area contributed by atoms with Gasteiger partial charge >= 0.3 is 0 Å². The van der Waals surface area contributed by atoms with Crippen LogP contribution in [0.25, 0.3) is 0 Å². The molecule has 2 N–H and O–H groups in total. The second-order valence-electron chi connectivity index (χ2n) is 4.09. The zero-order valence-corrected chi connectivity index (χ0v) is 10.6. The molecule has 0 saturated carbocycles. The fourth-order valence-corrected chi connectivity index (χ4v) is 2.06. The fraction of sp³-hybridized carbons (Fsp3) is 0.308. The third-order valence-electron chi connectivity index (χ3n) is 2.76. The van der Waals surface area contributed by atoms with E-state index in [1.54, 1.807) is 0 Å². The molecular formula is C13H16ClN3. The van der Waals surface area contributed by atoms with Crippen LogP contribution >= 0.6 is 11.6 Å². The predicted octanol–water partition coefficient (Wildman–Crippen LogP) is 2.32. The lowest BCUT2D eigenvalue weighted by Crippen LogP contribution is -2.03. The molecule has 0 aliphatic carbocycles. The van der Waals surface area contributed by atoms with Crippen LogP contribution in [0.4, 0.5) is 0 Å². The lowest BCUT2D eigenvalue weighted by atomic mass is 10.1. The van der Waals surface area contributed by atoms with Gasteiger partial charge in [-0.1, -0.05) is 23.7 Å². The quantitative estimate of drug-likeness (QED) is 0.904. The van der Waals surface area contributed by atoms with E-state index in [-0.39, 0.29) is 0 Å². The van der Waals surface area contributed by atoms with Crippen molar-refractivity contribution in [2.75, 3.05) is 0 Å². The third-order valence-corrected chi connectivity index (χ3v) is 3.00. The largest absolute Gasteiger partial charge is 0.337 e. The zero-order chi connectivity index (χ0) is 12.3. The van der Waals surface area contributed by atoms with Crippen molar-refractivity contribution >= 4 is 11.6 Å². The van der Waals surface area contributed by atoms with E-state index in [9.17, 15) is 0 Å². The first kappa shape index (κ1) is 12.1. The van der Waals surface area contributed by atoms with E-state index in [0.29, 0.717) is 6.54 Å². The zero-order valence-electron chi connectivity index (χ0n) is 9.86. The second-order valence-corrected chi connectivity index (χ2v) is 4.53. The van der Waals surface area contributed by atoms with Crippen molar-refractivity contribution in [3.8, 4) is 0 Å². The molecule has 1 heterocycles. The summed E-state index contributed by atoms with van der Waals surface area (Å²) in [6, 6.07) is 7.94. The summed E-state index contributed by atoms with van der Waals surface area (Å²) in [4.78, 5) is 4.47. The third kappa shape index (κ3) is 3.08. The first-order chi connectivity index (χ1) is 8.19. The van der Waals surface area contributed by atoms with E-state index in [2.05, 4.69) is 11.1 Å². The second kappa shape index (κ2) is 5.34. The van der Waals surface area contributed by atoms with Crippen LogP contribution in [0.3, 0.4) is 0 Å². The number of benzene rings is 1. The van der Waals surface area contributed by atoms with Gasteiger partial charge in [0.15, 0.2) is 0 Å². The Bertz CT molecular complexity index is 505. The number of aryl methyl sites for hydroxylation is 3. The molecule has 0 saturated heterocycles. The molecule has 1 aromatic carbocycles. The number of rotatable bonds is 4. The molecule has 0 bridgehead atoms. The molecule has 2 aromatic rings. The molecule has 2 rings (SSSR count). The summed E-state index contributed by atoms with van der Waals surface area (Å²) in [6.45, 7) is 0.480. The van der Waals surface area contributed by atoms with E-state index in [1.165, 1.54) is 5.56 Å². The molecular weight excluding hydrogens is 234 g/mol. The van der Waals surface area contributed by atoms with E-state index >= 15 is 0 Å². The molecule has 0 amide bonds. The first-order valence-corrected chi connectivity index (χ1v) is 6.02. The molecule has 0 aliphatic heterocycles. The Labute approximate surface area is 106 Å². The number of nitrogens with two attached hydrogens (primary N) is 1. The highest BCUT2D eigenvalue weighted by atomic mass is 35.5. The summed E-state index contributed by atoms with van der Waals surface area (Å²) in [6.07, 6.45) is 3.89. The van der Waals surface area contributed by atoms with E-state index in [4.69, 9.17) is 17.3 Å². The summed E-state index contributed by atoms with van der Waals surface area (Å²) < 4.78 is 1.98. The van der Waals surface area contributed by atoms with Gasteiger partial charge in [-0.2, -0.15) is 0 Å². The van der Waals surface area contributed by atoms with Gasteiger partial charge in [-0.3, -0.25) is 0 Å². The molecule has 90 valence electrons. The van der Waals surface area contributed by atoms with Crippen LogP contribution in [0.5, 0.6) is 0 Å². The van der Waals surface area contributed by atoms with E-state index in [0.717, 1.165) is 29.4 Å². The lowest BCUT2D eigenvalue weighted by Gasteiger charge is -1.99. The van der Waals surface area contributed by atoms with Gasteiger partial charge in [0, 0.05) is 18.3 Å². The molecule has 0 atom stereocenters. The number of nitrogens with zero attached hydrogens (tertiary/aromatic N) is 2. The summed E-state index contributed by atoms with van der Waals surface area (Å²) in [7, 11) is 1.97. The van der Waals surface area contributed by atoms with Crippen LogP contribution < -0.4 is 5.73 Å². The van der Waals surface area contributed by atoms with Crippen molar-refractivity contribution in [2.24, 2.45) is 12.8 Å². The predicted molar refractivity (Wildman–Crippen MR) is 70.0 cm³/mol. The van der Waals surface area contributed by atoms with Gasteiger partial charge in [0.25, 0.3) is 0 Å². The van der Waals surface area contributed by atoms with Crippen LogP contribution in [-0.4, -0.2) is 9.55 Å². The van der Waals surface area contributed by atoms with Crippen LogP contribution in [0.2, 0.25) is 5.02 Å². The Hall–Kier alpha value is -1.32. The van der Waals surface area contributed by atoms with Crippen molar-refractivity contribution in [1.29, 1.82) is 0 Å². The maximum atomic E-state index is 5.94. The number of hydrogen-bond donors (Lipinski definition) is 1. The minimum Gasteiger partial charge on any atom is -0.337 e. The van der Waals surface area contributed by atoms with Crippen molar-refractivity contribution < 1.29 is 0 Å². The molecule has 0 spiro atoms. The average molecular weight is 250 g/mol. The standard InChI is InChI=1S/C13H16ClN3/c1-17-9-12(16-13(17)8-15)6-5-10-3-2-4-11(14)7-10/h2-4,7,9H,5-6,8,15H2,1H3. The van der Waals surface area contributed by atoms with Gasteiger partial charge in [-0.05, 0) is 30.5 Å². The molecule has 0 fully saturated rings. The topological polar surface area (TPSA) is 43.8 Å². The normalized spacial score (nSPS) is 10.8. The van der Waals surface area contributed by atoms with E-state index in [1.807, 2.05) is 36.0 Å². The highest BCUT2D eigenvalue weighted by molar-refractivity contribution is 6.30. The van der Waals surface area contributed by atoms with Crippen LogP contribution in [0, 0.1) is 0 Å². The van der Waals surface area contributed by atoms with Gasteiger partial charge in [-0.15, -0.1) is 0 Å². The number of halogens is 1. The Morgan fingerprint density at radius 2 is 2.18 bits per heavy atom.